The number of halogens is 3. The van der Waals surface area contributed by atoms with Crippen LogP contribution in [0.15, 0.2) is 22.1 Å². The van der Waals surface area contributed by atoms with Gasteiger partial charge in [0.25, 0.3) is 0 Å². The van der Waals surface area contributed by atoms with Crippen LogP contribution in [-0.4, -0.2) is 11.9 Å². The first-order valence-corrected chi connectivity index (χ1v) is 4.37. The van der Waals surface area contributed by atoms with Crippen molar-refractivity contribution in [2.75, 3.05) is 0 Å². The highest BCUT2D eigenvalue weighted by Crippen LogP contribution is 2.29. The Morgan fingerprint density at radius 1 is 1.19 bits per heavy atom. The summed E-state index contributed by atoms with van der Waals surface area (Å²) in [6.45, 7) is 0. The monoisotopic (exact) mass is 247 g/mol. The van der Waals surface area contributed by atoms with Gasteiger partial charge in [-0.25, -0.2) is 13.8 Å². The van der Waals surface area contributed by atoms with Gasteiger partial charge in [0.15, 0.2) is 17.6 Å². The lowest BCUT2D eigenvalue weighted by molar-refractivity contribution is 0.510. The van der Waals surface area contributed by atoms with Crippen molar-refractivity contribution in [2.45, 2.75) is 0 Å². The minimum atomic E-state index is -1.22. The van der Waals surface area contributed by atoms with Crippen LogP contribution in [0.25, 0.3) is 0 Å². The molecular weight excluding hydrogens is 240 g/mol. The van der Waals surface area contributed by atoms with E-state index in [1.165, 1.54) is 0 Å². The smallest absolute Gasteiger partial charge is 0.223 e. The maximum absolute atomic E-state index is 13.2. The highest BCUT2D eigenvalue weighted by molar-refractivity contribution is 6.33. The van der Waals surface area contributed by atoms with Crippen LogP contribution in [0.1, 0.15) is 0 Å². The average Bonchev–Trinajstić information content (AvgIpc) is 2.17. The molecule has 0 amide bonds. The van der Waals surface area contributed by atoms with E-state index < -0.39 is 23.3 Å². The Kier molecular flexibility index (Phi) is 3.62. The fourth-order valence-electron chi connectivity index (χ4n) is 0.891. The van der Waals surface area contributed by atoms with Crippen molar-refractivity contribution in [3.8, 4) is 0 Å². The third-order valence-electron chi connectivity index (χ3n) is 1.49. The quantitative estimate of drug-likeness (QED) is 0.389. The van der Waals surface area contributed by atoms with Crippen LogP contribution in [0.4, 0.5) is 14.5 Å². The Labute approximate surface area is 94.6 Å². The Balaban J connectivity index is 3.24. The van der Waals surface area contributed by atoms with Crippen molar-refractivity contribution < 1.29 is 8.78 Å². The number of nitrogens with two attached hydrogens (primary N) is 3. The number of rotatable bonds is 1. The summed E-state index contributed by atoms with van der Waals surface area (Å²) in [7, 11) is 0. The maximum Gasteiger partial charge on any atom is 0.223 e. The van der Waals surface area contributed by atoms with Crippen LogP contribution in [0, 0.1) is 11.6 Å². The van der Waals surface area contributed by atoms with E-state index in [1.54, 1.807) is 0 Å². The van der Waals surface area contributed by atoms with Gasteiger partial charge in [-0.3, -0.25) is 0 Å². The van der Waals surface area contributed by atoms with Gasteiger partial charge < -0.3 is 17.2 Å². The number of hydrogen-bond acceptors (Lipinski definition) is 1. The lowest BCUT2D eigenvalue weighted by Gasteiger charge is -2.01. The second-order valence-corrected chi connectivity index (χ2v) is 3.11. The zero-order valence-corrected chi connectivity index (χ0v) is 8.67. The van der Waals surface area contributed by atoms with Gasteiger partial charge >= 0.3 is 0 Å². The molecule has 0 atom stereocenters. The molecule has 0 spiro atoms. The van der Waals surface area contributed by atoms with Gasteiger partial charge in [-0.05, 0) is 12.1 Å². The van der Waals surface area contributed by atoms with E-state index in [2.05, 4.69) is 9.98 Å². The standard InChI is InChI=1S/C8H8ClF2N5/c9-3-1-2-4(10)5(11)6(3)15-8(14)16-7(12)13/h1-2H,(H6,12,13,14,15,16). The van der Waals surface area contributed by atoms with E-state index in [0.29, 0.717) is 0 Å². The van der Waals surface area contributed by atoms with Gasteiger partial charge in [0.1, 0.15) is 5.69 Å². The van der Waals surface area contributed by atoms with Crippen molar-refractivity contribution in [3.63, 3.8) is 0 Å². The van der Waals surface area contributed by atoms with E-state index in [4.69, 9.17) is 28.8 Å². The summed E-state index contributed by atoms with van der Waals surface area (Å²) < 4.78 is 26.1. The molecule has 1 aromatic carbocycles. The molecule has 0 bridgehead atoms. The second kappa shape index (κ2) is 4.75. The van der Waals surface area contributed by atoms with Crippen LogP contribution in [0.2, 0.25) is 5.02 Å². The van der Waals surface area contributed by atoms with Gasteiger partial charge in [0.05, 0.1) is 5.02 Å². The van der Waals surface area contributed by atoms with E-state index in [-0.39, 0.29) is 11.0 Å². The van der Waals surface area contributed by atoms with Crippen LogP contribution in [-0.2, 0) is 0 Å². The highest BCUT2D eigenvalue weighted by Gasteiger charge is 2.12. The predicted octanol–water partition coefficient (Wildman–Crippen LogP) is 0.838. The normalized spacial score (nSPS) is 11.3. The molecule has 0 aliphatic heterocycles. The zero-order valence-electron chi connectivity index (χ0n) is 7.92. The molecule has 5 nitrogen and oxygen atoms in total. The number of hydrogen-bond donors (Lipinski definition) is 3. The summed E-state index contributed by atoms with van der Waals surface area (Å²) in [5, 5.41) is -0.104. The van der Waals surface area contributed by atoms with E-state index in [1.807, 2.05) is 0 Å². The molecule has 6 N–H and O–H groups in total. The largest absolute Gasteiger partial charge is 0.370 e. The predicted molar refractivity (Wildman–Crippen MR) is 58.5 cm³/mol. The maximum atomic E-state index is 13.2. The summed E-state index contributed by atoms with van der Waals surface area (Å²) in [5.41, 5.74) is 14.8. The molecule has 0 unspecified atom stereocenters. The fourth-order valence-corrected chi connectivity index (χ4v) is 1.08. The number of aliphatic imine (C=N–C) groups is 2. The molecule has 0 radical (unpaired) electrons. The summed E-state index contributed by atoms with van der Waals surface area (Å²) >= 11 is 5.60. The Morgan fingerprint density at radius 3 is 2.38 bits per heavy atom. The molecule has 0 aliphatic carbocycles. The van der Waals surface area contributed by atoms with Crippen molar-refractivity contribution >= 4 is 29.2 Å². The van der Waals surface area contributed by atoms with Crippen LogP contribution >= 0.6 is 11.6 Å². The SMILES string of the molecule is NC(N)=NC(N)=Nc1c(Cl)ccc(F)c1F. The van der Waals surface area contributed by atoms with Gasteiger partial charge in [-0.15, -0.1) is 0 Å². The minimum absolute atomic E-state index is 0.104. The molecule has 1 aromatic rings. The fraction of sp³-hybridized carbons (Fsp3) is 0. The lowest BCUT2D eigenvalue weighted by Crippen LogP contribution is -2.26. The molecule has 86 valence electrons. The zero-order chi connectivity index (χ0) is 12.3. The summed E-state index contributed by atoms with van der Waals surface area (Å²) in [5.74, 6) is -3.09. The molecule has 0 saturated carbocycles. The van der Waals surface area contributed by atoms with Crippen LogP contribution in [0.3, 0.4) is 0 Å². The van der Waals surface area contributed by atoms with Crippen LogP contribution in [0.5, 0.6) is 0 Å². The Bertz CT molecular complexity index is 468. The second-order valence-electron chi connectivity index (χ2n) is 2.70. The van der Waals surface area contributed by atoms with Crippen molar-refractivity contribution in [1.29, 1.82) is 0 Å². The van der Waals surface area contributed by atoms with Gasteiger partial charge in [-0.1, -0.05) is 11.6 Å². The van der Waals surface area contributed by atoms with Gasteiger partial charge in [0, 0.05) is 0 Å². The molecule has 1 rings (SSSR count). The topological polar surface area (TPSA) is 103 Å². The van der Waals surface area contributed by atoms with Crippen molar-refractivity contribution in [2.24, 2.45) is 27.2 Å². The average molecular weight is 248 g/mol. The van der Waals surface area contributed by atoms with E-state index in [9.17, 15) is 8.78 Å². The third-order valence-corrected chi connectivity index (χ3v) is 1.79. The molecule has 0 heterocycles. The summed E-state index contributed by atoms with van der Waals surface area (Å²) in [6.07, 6.45) is 0. The minimum Gasteiger partial charge on any atom is -0.370 e. The summed E-state index contributed by atoms with van der Waals surface area (Å²) in [4.78, 5) is 6.80. The van der Waals surface area contributed by atoms with Crippen molar-refractivity contribution in [1.82, 2.24) is 0 Å². The molecule has 16 heavy (non-hydrogen) atoms. The van der Waals surface area contributed by atoms with Gasteiger partial charge in [0.2, 0.25) is 5.96 Å². The Morgan fingerprint density at radius 2 is 1.81 bits per heavy atom. The number of guanidine groups is 2. The first kappa shape index (κ1) is 12.2. The highest BCUT2D eigenvalue weighted by atomic mass is 35.5. The molecule has 0 aliphatic rings. The molecule has 0 fully saturated rings. The number of nitrogens with zero attached hydrogens (tertiary/aromatic N) is 2. The summed E-state index contributed by atoms with van der Waals surface area (Å²) in [6, 6.07) is 2.01. The number of benzene rings is 1. The van der Waals surface area contributed by atoms with Crippen molar-refractivity contribution in [3.05, 3.63) is 28.8 Å². The van der Waals surface area contributed by atoms with E-state index in [0.717, 1.165) is 12.1 Å². The molecule has 8 heteroatoms. The van der Waals surface area contributed by atoms with Crippen LogP contribution < -0.4 is 17.2 Å². The first-order valence-electron chi connectivity index (χ1n) is 3.99. The first-order chi connectivity index (χ1) is 7.41. The van der Waals surface area contributed by atoms with Gasteiger partial charge in [-0.2, -0.15) is 4.99 Å². The third kappa shape index (κ3) is 2.80. The molecule has 0 saturated heterocycles. The van der Waals surface area contributed by atoms with E-state index >= 15 is 0 Å². The molecular formula is C8H8ClF2N5. The lowest BCUT2D eigenvalue weighted by atomic mass is 10.3. The molecule has 0 aromatic heterocycles. The Hall–Kier alpha value is -1.89.